The minimum absolute atomic E-state index is 0.0836. The van der Waals surface area contributed by atoms with Gasteiger partial charge >= 0.3 is 18.2 Å². The van der Waals surface area contributed by atoms with Gasteiger partial charge in [-0.1, -0.05) is 0 Å². The van der Waals surface area contributed by atoms with Crippen LogP contribution in [0, 0.1) is 5.92 Å². The number of hydrogen-bond acceptors (Lipinski definition) is 3. The van der Waals surface area contributed by atoms with Gasteiger partial charge in [-0.05, 0) is 56.0 Å². The van der Waals surface area contributed by atoms with Gasteiger partial charge in [0, 0.05) is 17.9 Å². The summed E-state index contributed by atoms with van der Waals surface area (Å²) in [6, 6.07) is 6.60. The van der Waals surface area contributed by atoms with Crippen LogP contribution in [0.4, 0.5) is 23.7 Å². The first-order valence-electron chi connectivity index (χ1n) is 8.76. The van der Waals surface area contributed by atoms with E-state index in [1.165, 1.54) is 6.20 Å². The fourth-order valence-corrected chi connectivity index (χ4v) is 3.15. The minimum atomic E-state index is -4.51. The van der Waals surface area contributed by atoms with E-state index in [0.717, 1.165) is 10.7 Å². The second-order valence-electron chi connectivity index (χ2n) is 6.68. The van der Waals surface area contributed by atoms with Gasteiger partial charge in [0.2, 0.25) is 0 Å². The standard InChI is InChI=1S/C18H19F3N4O3/c19-18(20,21)15-9-10-25(24-15)14-7-5-13(6-8-14)23-17(28)22-12-3-1-11(2-4-12)16(26)27/h5-12H,1-4H2,(H,26,27)(H2,22,23,28). The zero-order chi connectivity index (χ0) is 20.3. The van der Waals surface area contributed by atoms with Gasteiger partial charge in [0.15, 0.2) is 5.69 Å². The van der Waals surface area contributed by atoms with E-state index in [2.05, 4.69) is 15.7 Å². The third-order valence-corrected chi connectivity index (χ3v) is 4.68. The van der Waals surface area contributed by atoms with E-state index in [9.17, 15) is 22.8 Å². The van der Waals surface area contributed by atoms with E-state index in [4.69, 9.17) is 5.11 Å². The number of urea groups is 1. The molecule has 0 atom stereocenters. The lowest BCUT2D eigenvalue weighted by atomic mass is 9.86. The molecule has 3 N–H and O–H groups in total. The molecule has 1 saturated carbocycles. The zero-order valence-corrected chi connectivity index (χ0v) is 14.7. The van der Waals surface area contributed by atoms with Gasteiger partial charge < -0.3 is 15.7 Å². The Labute approximate surface area is 158 Å². The van der Waals surface area contributed by atoms with Crippen molar-refractivity contribution < 1.29 is 27.9 Å². The van der Waals surface area contributed by atoms with Crippen molar-refractivity contribution >= 4 is 17.7 Å². The molecule has 0 spiro atoms. The Morgan fingerprint density at radius 3 is 2.25 bits per heavy atom. The molecule has 150 valence electrons. The van der Waals surface area contributed by atoms with Crippen LogP contribution >= 0.6 is 0 Å². The number of aliphatic carboxylic acids is 1. The van der Waals surface area contributed by atoms with Crippen LogP contribution in [0.3, 0.4) is 0 Å². The van der Waals surface area contributed by atoms with Crippen LogP contribution in [0.25, 0.3) is 5.69 Å². The SMILES string of the molecule is O=C(Nc1ccc(-n2ccc(C(F)(F)F)n2)cc1)NC1CCC(C(=O)O)CC1. The fourth-order valence-electron chi connectivity index (χ4n) is 3.15. The first kappa shape index (κ1) is 19.7. The molecule has 28 heavy (non-hydrogen) atoms. The second kappa shape index (κ2) is 7.91. The Morgan fingerprint density at radius 2 is 1.71 bits per heavy atom. The van der Waals surface area contributed by atoms with Gasteiger partial charge in [-0.25, -0.2) is 9.48 Å². The molecule has 1 heterocycles. The van der Waals surface area contributed by atoms with Gasteiger partial charge in [-0.2, -0.15) is 18.3 Å². The predicted octanol–water partition coefficient (Wildman–Crippen LogP) is 3.66. The molecular weight excluding hydrogens is 377 g/mol. The van der Waals surface area contributed by atoms with E-state index < -0.39 is 23.9 Å². The molecule has 0 saturated heterocycles. The molecule has 10 heteroatoms. The highest BCUT2D eigenvalue weighted by atomic mass is 19.4. The van der Waals surface area contributed by atoms with E-state index in [1.54, 1.807) is 24.3 Å². The molecule has 1 aromatic heterocycles. The van der Waals surface area contributed by atoms with Crippen LogP contribution in [-0.4, -0.2) is 32.9 Å². The number of nitrogens with zero attached hydrogens (tertiary/aromatic N) is 2. The number of anilines is 1. The Bertz CT molecular complexity index is 841. The summed E-state index contributed by atoms with van der Waals surface area (Å²) in [7, 11) is 0. The quantitative estimate of drug-likeness (QED) is 0.735. The molecule has 2 aromatic rings. The number of alkyl halides is 3. The average molecular weight is 396 g/mol. The summed E-state index contributed by atoms with van der Waals surface area (Å²) in [5, 5.41) is 17.9. The molecular formula is C18H19F3N4O3. The molecule has 1 aliphatic carbocycles. The molecule has 2 amide bonds. The van der Waals surface area contributed by atoms with Crippen molar-refractivity contribution in [2.45, 2.75) is 37.9 Å². The molecule has 0 radical (unpaired) electrons. The van der Waals surface area contributed by atoms with Crippen LogP contribution in [0.15, 0.2) is 36.5 Å². The van der Waals surface area contributed by atoms with Crippen LogP contribution in [-0.2, 0) is 11.0 Å². The van der Waals surface area contributed by atoms with Gasteiger partial charge in [0.25, 0.3) is 0 Å². The highest BCUT2D eigenvalue weighted by molar-refractivity contribution is 5.89. The van der Waals surface area contributed by atoms with Crippen molar-refractivity contribution in [1.29, 1.82) is 0 Å². The lowest BCUT2D eigenvalue weighted by molar-refractivity contribution is -0.143. The van der Waals surface area contributed by atoms with Crippen molar-refractivity contribution in [1.82, 2.24) is 15.1 Å². The molecule has 1 aliphatic rings. The number of benzene rings is 1. The van der Waals surface area contributed by atoms with Crippen LogP contribution in [0.2, 0.25) is 0 Å². The highest BCUT2D eigenvalue weighted by Crippen LogP contribution is 2.28. The Kier molecular flexibility index (Phi) is 5.57. The van der Waals surface area contributed by atoms with Gasteiger partial charge in [-0.3, -0.25) is 4.79 Å². The molecule has 1 aromatic carbocycles. The summed E-state index contributed by atoms with van der Waals surface area (Å²) in [5.41, 5.74) is -0.0798. The monoisotopic (exact) mass is 396 g/mol. The molecule has 7 nitrogen and oxygen atoms in total. The average Bonchev–Trinajstić information content (AvgIpc) is 3.13. The smallest absolute Gasteiger partial charge is 0.435 e. The lowest BCUT2D eigenvalue weighted by Gasteiger charge is -2.26. The number of aromatic nitrogens is 2. The van der Waals surface area contributed by atoms with Crippen molar-refractivity contribution in [3.63, 3.8) is 0 Å². The second-order valence-corrected chi connectivity index (χ2v) is 6.68. The van der Waals surface area contributed by atoms with Crippen molar-refractivity contribution in [3.05, 3.63) is 42.2 Å². The molecule has 0 bridgehead atoms. The largest absolute Gasteiger partial charge is 0.481 e. The number of carbonyl (C=O) groups is 2. The van der Waals surface area contributed by atoms with E-state index in [-0.39, 0.29) is 12.0 Å². The van der Waals surface area contributed by atoms with Gasteiger partial charge in [0.05, 0.1) is 11.6 Å². The summed E-state index contributed by atoms with van der Waals surface area (Å²) in [4.78, 5) is 23.0. The van der Waals surface area contributed by atoms with Crippen LogP contribution in [0.1, 0.15) is 31.4 Å². The Hall–Kier alpha value is -3.04. The maximum Gasteiger partial charge on any atom is 0.435 e. The number of amides is 2. The molecule has 3 rings (SSSR count). The number of hydrogen-bond donors (Lipinski definition) is 3. The highest BCUT2D eigenvalue weighted by Gasteiger charge is 2.33. The zero-order valence-electron chi connectivity index (χ0n) is 14.7. The number of carboxylic acid groups (broad SMARTS) is 1. The Morgan fingerprint density at radius 1 is 1.07 bits per heavy atom. The molecule has 1 fully saturated rings. The van der Waals surface area contributed by atoms with E-state index in [0.29, 0.717) is 37.1 Å². The van der Waals surface area contributed by atoms with Crippen LogP contribution in [0.5, 0.6) is 0 Å². The van der Waals surface area contributed by atoms with Crippen molar-refractivity contribution in [3.8, 4) is 5.69 Å². The normalized spacial score (nSPS) is 19.8. The lowest BCUT2D eigenvalue weighted by Crippen LogP contribution is -2.40. The van der Waals surface area contributed by atoms with Crippen LogP contribution < -0.4 is 10.6 Å². The van der Waals surface area contributed by atoms with E-state index in [1.807, 2.05) is 0 Å². The first-order chi connectivity index (χ1) is 13.2. The summed E-state index contributed by atoms with van der Waals surface area (Å²) in [5.74, 6) is -1.16. The predicted molar refractivity (Wildman–Crippen MR) is 94.1 cm³/mol. The first-order valence-corrected chi connectivity index (χ1v) is 8.76. The number of halogens is 3. The van der Waals surface area contributed by atoms with Gasteiger partial charge in [0.1, 0.15) is 0 Å². The summed E-state index contributed by atoms with van der Waals surface area (Å²) in [6.45, 7) is 0. The topological polar surface area (TPSA) is 96.3 Å². The third-order valence-electron chi connectivity index (χ3n) is 4.68. The molecule has 0 unspecified atom stereocenters. The maximum atomic E-state index is 12.6. The maximum absolute atomic E-state index is 12.6. The third kappa shape index (κ3) is 4.81. The number of rotatable bonds is 4. The Balaban J connectivity index is 1.53. The number of carbonyl (C=O) groups excluding carboxylic acids is 1. The summed E-state index contributed by atoms with van der Waals surface area (Å²) >= 11 is 0. The van der Waals surface area contributed by atoms with E-state index >= 15 is 0 Å². The summed E-state index contributed by atoms with van der Waals surface area (Å²) < 4.78 is 39.0. The summed E-state index contributed by atoms with van der Waals surface area (Å²) in [6.07, 6.45) is -1.04. The minimum Gasteiger partial charge on any atom is -0.481 e. The van der Waals surface area contributed by atoms with Crippen molar-refractivity contribution in [2.75, 3.05) is 5.32 Å². The van der Waals surface area contributed by atoms with Crippen molar-refractivity contribution in [2.24, 2.45) is 5.92 Å². The number of nitrogens with one attached hydrogen (secondary N) is 2. The van der Waals surface area contributed by atoms with Gasteiger partial charge in [-0.15, -0.1) is 0 Å². The fraction of sp³-hybridized carbons (Fsp3) is 0.389. The number of carboxylic acids is 1. The molecule has 0 aliphatic heterocycles.